The summed E-state index contributed by atoms with van der Waals surface area (Å²) in [7, 11) is 0. The van der Waals surface area contributed by atoms with Gasteiger partial charge < -0.3 is 9.64 Å². The van der Waals surface area contributed by atoms with Crippen LogP contribution in [0.2, 0.25) is 5.02 Å². The Kier molecular flexibility index (Phi) is 5.89. The quantitative estimate of drug-likeness (QED) is 0.590. The molecule has 32 heavy (non-hydrogen) atoms. The standard InChI is InChI=1S/C25H25ClN4O2/c26-21-5-2-1-4-18(21)12-20-13-25(16-32-20)8-10-30(11-9-25)24(31)23-7-3-6-22(29-23)19-14-27-17-28-15-19/h1-7,14-15,17,20H,8-13,16H2. The number of pyridine rings is 1. The lowest BCUT2D eigenvalue weighted by atomic mass is 9.76. The molecule has 6 nitrogen and oxygen atoms in total. The minimum absolute atomic E-state index is 0.0231. The van der Waals surface area contributed by atoms with Crippen LogP contribution in [-0.4, -0.2) is 51.6 Å². The first-order chi connectivity index (χ1) is 15.6. The van der Waals surface area contributed by atoms with Gasteiger partial charge in [-0.2, -0.15) is 0 Å². The summed E-state index contributed by atoms with van der Waals surface area (Å²) in [5.41, 5.74) is 3.25. The van der Waals surface area contributed by atoms with Crippen molar-refractivity contribution in [3.63, 3.8) is 0 Å². The third kappa shape index (κ3) is 4.38. The number of likely N-dealkylation sites (tertiary alicyclic amines) is 1. The number of aromatic nitrogens is 3. The van der Waals surface area contributed by atoms with Gasteiger partial charge in [0, 0.05) is 42.5 Å². The summed E-state index contributed by atoms with van der Waals surface area (Å²) in [4.78, 5) is 27.7. The number of hydrogen-bond acceptors (Lipinski definition) is 5. The van der Waals surface area contributed by atoms with Gasteiger partial charge in [-0.25, -0.2) is 15.0 Å². The molecule has 2 fully saturated rings. The predicted molar refractivity (Wildman–Crippen MR) is 122 cm³/mol. The molecule has 4 heterocycles. The van der Waals surface area contributed by atoms with Crippen LogP contribution >= 0.6 is 11.6 Å². The average Bonchev–Trinajstić information content (AvgIpc) is 3.23. The van der Waals surface area contributed by atoms with E-state index in [1.165, 1.54) is 6.33 Å². The van der Waals surface area contributed by atoms with E-state index in [0.29, 0.717) is 11.4 Å². The average molecular weight is 449 g/mol. The summed E-state index contributed by atoms with van der Waals surface area (Å²) in [6, 6.07) is 13.5. The van der Waals surface area contributed by atoms with Gasteiger partial charge in [0.15, 0.2) is 0 Å². The van der Waals surface area contributed by atoms with Crippen molar-refractivity contribution in [2.75, 3.05) is 19.7 Å². The second kappa shape index (κ2) is 8.96. The normalized spacial score (nSPS) is 19.9. The fourth-order valence-corrected chi connectivity index (χ4v) is 4.99. The van der Waals surface area contributed by atoms with Crippen molar-refractivity contribution in [2.24, 2.45) is 5.41 Å². The number of carbonyl (C=O) groups excluding carboxylic acids is 1. The number of halogens is 1. The maximum Gasteiger partial charge on any atom is 0.272 e. The molecule has 164 valence electrons. The fourth-order valence-electron chi connectivity index (χ4n) is 4.78. The van der Waals surface area contributed by atoms with E-state index >= 15 is 0 Å². The van der Waals surface area contributed by atoms with Crippen LogP contribution in [0.15, 0.2) is 61.2 Å². The number of ether oxygens (including phenoxy) is 1. The monoisotopic (exact) mass is 448 g/mol. The highest BCUT2D eigenvalue weighted by Crippen LogP contribution is 2.43. The van der Waals surface area contributed by atoms with Crippen LogP contribution in [0.3, 0.4) is 0 Å². The SMILES string of the molecule is O=C(c1cccc(-c2cncnc2)n1)N1CCC2(CC1)COC(Cc1ccccc1Cl)C2. The minimum Gasteiger partial charge on any atom is -0.377 e. The van der Waals surface area contributed by atoms with E-state index in [1.807, 2.05) is 35.2 Å². The van der Waals surface area contributed by atoms with Crippen LogP contribution in [-0.2, 0) is 11.2 Å². The van der Waals surface area contributed by atoms with Gasteiger partial charge in [-0.1, -0.05) is 35.9 Å². The van der Waals surface area contributed by atoms with E-state index in [4.69, 9.17) is 16.3 Å². The topological polar surface area (TPSA) is 68.2 Å². The Balaban J connectivity index is 1.21. The molecule has 1 aromatic carbocycles. The van der Waals surface area contributed by atoms with Crippen molar-refractivity contribution in [3.8, 4) is 11.3 Å². The Labute approximate surface area is 192 Å². The number of hydrogen-bond donors (Lipinski definition) is 0. The Morgan fingerprint density at radius 2 is 1.88 bits per heavy atom. The third-order valence-corrected chi connectivity index (χ3v) is 7.00. The van der Waals surface area contributed by atoms with E-state index in [9.17, 15) is 4.79 Å². The zero-order chi connectivity index (χ0) is 22.0. The van der Waals surface area contributed by atoms with Gasteiger partial charge in [-0.15, -0.1) is 0 Å². The maximum absolute atomic E-state index is 13.1. The number of benzene rings is 1. The van der Waals surface area contributed by atoms with Crippen LogP contribution in [0, 0.1) is 5.41 Å². The van der Waals surface area contributed by atoms with Crippen molar-refractivity contribution in [1.29, 1.82) is 0 Å². The number of carbonyl (C=O) groups is 1. The minimum atomic E-state index is -0.0231. The molecular formula is C25H25ClN4O2. The molecule has 2 saturated heterocycles. The second-order valence-electron chi connectivity index (χ2n) is 8.76. The lowest BCUT2D eigenvalue weighted by molar-refractivity contribution is 0.0492. The molecule has 7 heteroatoms. The molecule has 5 rings (SSSR count). The summed E-state index contributed by atoms with van der Waals surface area (Å²) in [5, 5.41) is 0.800. The number of piperidine rings is 1. The van der Waals surface area contributed by atoms with Crippen molar-refractivity contribution in [1.82, 2.24) is 19.9 Å². The summed E-state index contributed by atoms with van der Waals surface area (Å²) >= 11 is 6.33. The largest absolute Gasteiger partial charge is 0.377 e. The molecule has 1 atom stereocenters. The molecule has 0 bridgehead atoms. The van der Waals surface area contributed by atoms with Crippen LogP contribution in [0.1, 0.15) is 35.3 Å². The molecule has 1 spiro atoms. The molecule has 1 unspecified atom stereocenters. The van der Waals surface area contributed by atoms with Gasteiger partial charge in [0.25, 0.3) is 5.91 Å². The molecule has 3 aromatic rings. The summed E-state index contributed by atoms with van der Waals surface area (Å²) < 4.78 is 6.16. The third-order valence-electron chi connectivity index (χ3n) is 6.63. The van der Waals surface area contributed by atoms with E-state index < -0.39 is 0 Å². The van der Waals surface area contributed by atoms with Gasteiger partial charge >= 0.3 is 0 Å². The highest BCUT2D eigenvalue weighted by atomic mass is 35.5. The molecule has 0 saturated carbocycles. The first-order valence-corrected chi connectivity index (χ1v) is 11.4. The molecule has 2 aromatic heterocycles. The van der Waals surface area contributed by atoms with Crippen LogP contribution in [0.4, 0.5) is 0 Å². The second-order valence-corrected chi connectivity index (χ2v) is 9.17. The smallest absolute Gasteiger partial charge is 0.272 e. The number of amides is 1. The zero-order valence-corrected chi connectivity index (χ0v) is 18.5. The van der Waals surface area contributed by atoms with Crippen LogP contribution in [0.25, 0.3) is 11.3 Å². The predicted octanol–water partition coefficient (Wildman–Crippen LogP) is 4.45. The van der Waals surface area contributed by atoms with Gasteiger partial charge in [-0.3, -0.25) is 4.79 Å². The first kappa shape index (κ1) is 21.0. The van der Waals surface area contributed by atoms with E-state index in [1.54, 1.807) is 18.5 Å². The van der Waals surface area contributed by atoms with Crippen molar-refractivity contribution < 1.29 is 9.53 Å². The molecule has 2 aliphatic rings. The molecule has 0 N–H and O–H groups in total. The first-order valence-electron chi connectivity index (χ1n) is 11.0. The van der Waals surface area contributed by atoms with Gasteiger partial charge in [0.1, 0.15) is 12.0 Å². The van der Waals surface area contributed by atoms with Crippen LogP contribution in [0.5, 0.6) is 0 Å². The Hall–Kier alpha value is -2.83. The summed E-state index contributed by atoms with van der Waals surface area (Å²) in [5.74, 6) is -0.0231. The van der Waals surface area contributed by atoms with Crippen molar-refractivity contribution in [3.05, 3.63) is 77.5 Å². The summed E-state index contributed by atoms with van der Waals surface area (Å²) in [6.07, 6.45) is 8.82. The summed E-state index contributed by atoms with van der Waals surface area (Å²) in [6.45, 7) is 2.20. The highest BCUT2D eigenvalue weighted by Gasteiger charge is 2.43. The molecular weight excluding hydrogens is 424 g/mol. The fraction of sp³-hybridized carbons (Fsp3) is 0.360. The molecule has 0 aliphatic carbocycles. The number of rotatable bonds is 4. The lowest BCUT2D eigenvalue weighted by Gasteiger charge is -2.38. The lowest BCUT2D eigenvalue weighted by Crippen LogP contribution is -2.43. The van der Waals surface area contributed by atoms with E-state index in [0.717, 1.165) is 61.5 Å². The van der Waals surface area contributed by atoms with Crippen LogP contribution < -0.4 is 0 Å². The Morgan fingerprint density at radius 1 is 1.09 bits per heavy atom. The Bertz CT molecular complexity index is 1100. The highest BCUT2D eigenvalue weighted by molar-refractivity contribution is 6.31. The number of nitrogens with zero attached hydrogens (tertiary/aromatic N) is 4. The van der Waals surface area contributed by atoms with Gasteiger partial charge in [-0.05, 0) is 48.4 Å². The zero-order valence-electron chi connectivity index (χ0n) is 17.8. The van der Waals surface area contributed by atoms with E-state index in [2.05, 4.69) is 21.0 Å². The maximum atomic E-state index is 13.1. The Morgan fingerprint density at radius 3 is 2.66 bits per heavy atom. The van der Waals surface area contributed by atoms with Gasteiger partial charge in [0.2, 0.25) is 0 Å². The van der Waals surface area contributed by atoms with E-state index in [-0.39, 0.29) is 17.4 Å². The van der Waals surface area contributed by atoms with Crippen molar-refractivity contribution in [2.45, 2.75) is 31.8 Å². The van der Waals surface area contributed by atoms with Gasteiger partial charge in [0.05, 0.1) is 18.4 Å². The molecule has 1 amide bonds. The molecule has 2 aliphatic heterocycles. The molecule has 0 radical (unpaired) electrons. The van der Waals surface area contributed by atoms with Crippen molar-refractivity contribution >= 4 is 17.5 Å².